The second kappa shape index (κ2) is 8.34. The van der Waals surface area contributed by atoms with Gasteiger partial charge >= 0.3 is 0 Å². The van der Waals surface area contributed by atoms with Crippen molar-refractivity contribution in [3.8, 4) is 0 Å². The van der Waals surface area contributed by atoms with Gasteiger partial charge in [0.1, 0.15) is 0 Å². The predicted octanol–water partition coefficient (Wildman–Crippen LogP) is 2.08. The lowest BCUT2D eigenvalue weighted by molar-refractivity contribution is -0.131. The van der Waals surface area contributed by atoms with Crippen molar-refractivity contribution in [2.75, 3.05) is 32.4 Å². The van der Waals surface area contributed by atoms with E-state index in [9.17, 15) is 9.90 Å². The van der Waals surface area contributed by atoms with E-state index in [0.717, 1.165) is 30.6 Å². The Hall–Kier alpha value is -2.37. The highest BCUT2D eigenvalue weighted by molar-refractivity contribution is 5.79. The van der Waals surface area contributed by atoms with E-state index < -0.39 is 0 Å². The van der Waals surface area contributed by atoms with Crippen molar-refractivity contribution in [1.29, 1.82) is 0 Å². The molecule has 1 aliphatic heterocycles. The third kappa shape index (κ3) is 4.62. The number of benzene rings is 2. The second-order valence-electron chi connectivity index (χ2n) is 7.06. The summed E-state index contributed by atoms with van der Waals surface area (Å²) in [5, 5.41) is 9.82. The number of anilines is 1. The highest BCUT2D eigenvalue weighted by atomic mass is 16.3. The number of β-amino-alcohol motifs (C(OH)–C–C–N with tert-alkyl or cyclic N) is 1. The van der Waals surface area contributed by atoms with E-state index in [2.05, 4.69) is 17.0 Å². The van der Waals surface area contributed by atoms with E-state index in [4.69, 9.17) is 5.73 Å². The zero-order valence-electron chi connectivity index (χ0n) is 15.2. The summed E-state index contributed by atoms with van der Waals surface area (Å²) in [4.78, 5) is 16.9. The molecule has 0 radical (unpaired) electrons. The largest absolute Gasteiger partial charge is 0.399 e. The first-order chi connectivity index (χ1) is 12.5. The molecule has 1 unspecified atom stereocenters. The van der Waals surface area contributed by atoms with Crippen LogP contribution in [0, 0.1) is 0 Å². The van der Waals surface area contributed by atoms with Gasteiger partial charge < -0.3 is 15.7 Å². The summed E-state index contributed by atoms with van der Waals surface area (Å²) in [6, 6.07) is 17.5. The highest BCUT2D eigenvalue weighted by Gasteiger charge is 2.28. The number of aliphatic hydroxyl groups is 1. The van der Waals surface area contributed by atoms with Gasteiger partial charge in [-0.15, -0.1) is 0 Å². The van der Waals surface area contributed by atoms with Crippen LogP contribution in [0.4, 0.5) is 5.69 Å². The molecule has 2 aromatic rings. The summed E-state index contributed by atoms with van der Waals surface area (Å²) >= 11 is 0. The molecule has 0 aromatic heterocycles. The lowest BCUT2D eigenvalue weighted by Crippen LogP contribution is -2.39. The number of nitrogen functional groups attached to an aromatic ring is 1. The number of hydrogen-bond acceptors (Lipinski definition) is 4. The average Bonchev–Trinajstić information content (AvgIpc) is 3.05. The fourth-order valence-corrected chi connectivity index (χ4v) is 3.53. The van der Waals surface area contributed by atoms with Crippen LogP contribution in [0.15, 0.2) is 54.6 Å². The van der Waals surface area contributed by atoms with Crippen molar-refractivity contribution < 1.29 is 9.90 Å². The Balaban J connectivity index is 1.75. The summed E-state index contributed by atoms with van der Waals surface area (Å²) in [5.74, 6) is 0.0594. The molecular formula is C21H27N3O2. The van der Waals surface area contributed by atoms with Crippen molar-refractivity contribution in [2.45, 2.75) is 25.0 Å². The van der Waals surface area contributed by atoms with Crippen LogP contribution in [-0.2, 0) is 11.2 Å². The van der Waals surface area contributed by atoms with Crippen LogP contribution in [-0.4, -0.2) is 53.6 Å². The fourth-order valence-electron chi connectivity index (χ4n) is 3.53. The minimum Gasteiger partial charge on any atom is -0.399 e. The molecule has 1 aliphatic rings. The standard InChI is InChI=1S/C21H27N3O2/c1-23(21(26)13-16-6-5-9-18(22)12-16)20(17-7-3-2-4-8-17)15-24-11-10-19(25)14-24/h2-9,12,19-20,25H,10-11,13-15,22H2,1H3/t19?,20-/m0/s1. The predicted molar refractivity (Wildman–Crippen MR) is 104 cm³/mol. The molecule has 138 valence electrons. The first-order valence-corrected chi connectivity index (χ1v) is 9.08. The van der Waals surface area contributed by atoms with Crippen molar-refractivity contribution in [1.82, 2.24) is 9.80 Å². The highest BCUT2D eigenvalue weighted by Crippen LogP contribution is 2.24. The van der Waals surface area contributed by atoms with Gasteiger partial charge in [0.25, 0.3) is 0 Å². The summed E-state index contributed by atoms with van der Waals surface area (Å²) in [6.45, 7) is 2.25. The van der Waals surface area contributed by atoms with E-state index >= 15 is 0 Å². The van der Waals surface area contributed by atoms with E-state index in [-0.39, 0.29) is 18.1 Å². The molecule has 2 aromatic carbocycles. The maximum absolute atomic E-state index is 12.9. The molecule has 5 heteroatoms. The van der Waals surface area contributed by atoms with Crippen LogP contribution in [0.5, 0.6) is 0 Å². The zero-order valence-corrected chi connectivity index (χ0v) is 15.2. The van der Waals surface area contributed by atoms with E-state index in [0.29, 0.717) is 18.7 Å². The van der Waals surface area contributed by atoms with Gasteiger partial charge in [-0.1, -0.05) is 42.5 Å². The van der Waals surface area contributed by atoms with Crippen molar-refractivity contribution in [3.63, 3.8) is 0 Å². The minimum absolute atomic E-state index is 0.0462. The molecule has 1 saturated heterocycles. The minimum atomic E-state index is -0.264. The molecule has 1 fully saturated rings. The molecule has 1 amide bonds. The van der Waals surface area contributed by atoms with Crippen molar-refractivity contribution >= 4 is 11.6 Å². The smallest absolute Gasteiger partial charge is 0.227 e. The number of rotatable bonds is 6. The van der Waals surface area contributed by atoms with Gasteiger partial charge in [-0.3, -0.25) is 9.69 Å². The Bertz CT molecular complexity index is 735. The van der Waals surface area contributed by atoms with Gasteiger partial charge in [0, 0.05) is 32.4 Å². The molecule has 3 N–H and O–H groups in total. The quantitative estimate of drug-likeness (QED) is 0.780. The van der Waals surface area contributed by atoms with Crippen LogP contribution in [0.25, 0.3) is 0 Å². The van der Waals surface area contributed by atoms with Gasteiger partial charge in [-0.2, -0.15) is 0 Å². The van der Waals surface area contributed by atoms with Crippen LogP contribution in [0.2, 0.25) is 0 Å². The molecule has 5 nitrogen and oxygen atoms in total. The first-order valence-electron chi connectivity index (χ1n) is 9.08. The number of likely N-dealkylation sites (N-methyl/N-ethyl adjacent to an activating group) is 1. The van der Waals surface area contributed by atoms with Crippen LogP contribution >= 0.6 is 0 Å². The van der Waals surface area contributed by atoms with Gasteiger partial charge in [-0.05, 0) is 29.7 Å². The number of aliphatic hydroxyl groups excluding tert-OH is 1. The number of hydrogen-bond donors (Lipinski definition) is 2. The molecular weight excluding hydrogens is 326 g/mol. The Labute approximate surface area is 155 Å². The molecule has 0 saturated carbocycles. The Kier molecular flexibility index (Phi) is 5.91. The maximum Gasteiger partial charge on any atom is 0.227 e. The molecule has 0 spiro atoms. The normalized spacial score (nSPS) is 18.6. The summed E-state index contributed by atoms with van der Waals surface area (Å²) in [5.41, 5.74) is 8.53. The first kappa shape index (κ1) is 18.4. The van der Waals surface area contributed by atoms with E-state index in [1.807, 2.05) is 54.4 Å². The SMILES string of the molecule is CN(C(=O)Cc1cccc(N)c1)[C@@H](CN1CCC(O)C1)c1ccccc1. The van der Waals surface area contributed by atoms with Gasteiger partial charge in [-0.25, -0.2) is 0 Å². The fraction of sp³-hybridized carbons (Fsp3) is 0.381. The topological polar surface area (TPSA) is 69.8 Å². The van der Waals surface area contributed by atoms with Crippen LogP contribution in [0.3, 0.4) is 0 Å². The maximum atomic E-state index is 12.9. The van der Waals surface area contributed by atoms with Crippen LogP contribution in [0.1, 0.15) is 23.6 Å². The van der Waals surface area contributed by atoms with Crippen molar-refractivity contribution in [2.24, 2.45) is 0 Å². The van der Waals surface area contributed by atoms with E-state index in [1.54, 1.807) is 0 Å². The van der Waals surface area contributed by atoms with Gasteiger partial charge in [0.15, 0.2) is 0 Å². The molecule has 1 heterocycles. The molecule has 26 heavy (non-hydrogen) atoms. The lowest BCUT2D eigenvalue weighted by Gasteiger charge is -2.32. The zero-order chi connectivity index (χ0) is 18.5. The lowest BCUT2D eigenvalue weighted by atomic mass is 10.0. The second-order valence-corrected chi connectivity index (χ2v) is 7.06. The monoisotopic (exact) mass is 353 g/mol. The molecule has 0 bridgehead atoms. The third-order valence-electron chi connectivity index (χ3n) is 5.03. The molecule has 2 atom stereocenters. The van der Waals surface area contributed by atoms with Crippen LogP contribution < -0.4 is 5.73 Å². The Morgan fingerprint density at radius 2 is 2.04 bits per heavy atom. The van der Waals surface area contributed by atoms with Gasteiger partial charge in [0.05, 0.1) is 18.6 Å². The summed E-state index contributed by atoms with van der Waals surface area (Å²) in [7, 11) is 1.86. The Morgan fingerprint density at radius 1 is 1.27 bits per heavy atom. The third-order valence-corrected chi connectivity index (χ3v) is 5.03. The number of carbonyl (C=O) groups is 1. The number of amides is 1. The van der Waals surface area contributed by atoms with Gasteiger partial charge in [0.2, 0.25) is 5.91 Å². The number of nitrogens with zero attached hydrogens (tertiary/aromatic N) is 2. The average molecular weight is 353 g/mol. The molecule has 0 aliphatic carbocycles. The molecule has 3 rings (SSSR count). The number of carbonyl (C=O) groups excluding carboxylic acids is 1. The summed E-state index contributed by atoms with van der Waals surface area (Å²) in [6.07, 6.45) is 0.857. The Morgan fingerprint density at radius 3 is 2.69 bits per heavy atom. The number of nitrogens with two attached hydrogens (primary N) is 1. The van der Waals surface area contributed by atoms with E-state index in [1.165, 1.54) is 0 Å². The number of likely N-dealkylation sites (tertiary alicyclic amines) is 1. The summed E-state index contributed by atoms with van der Waals surface area (Å²) < 4.78 is 0. The van der Waals surface area contributed by atoms with Crippen molar-refractivity contribution in [3.05, 3.63) is 65.7 Å².